The summed E-state index contributed by atoms with van der Waals surface area (Å²) in [4.78, 5) is 16.9. The number of nitrogens with one attached hydrogen (secondary N) is 1. The lowest BCUT2D eigenvalue weighted by molar-refractivity contribution is 0.0943. The van der Waals surface area contributed by atoms with Gasteiger partial charge >= 0.3 is 0 Å². The van der Waals surface area contributed by atoms with E-state index in [4.69, 9.17) is 11.6 Å². The highest BCUT2D eigenvalue weighted by Crippen LogP contribution is 2.25. The fraction of sp³-hybridized carbons (Fsp3) is 0.250. The Morgan fingerprint density at radius 3 is 2.58 bits per heavy atom. The van der Waals surface area contributed by atoms with Crippen molar-refractivity contribution < 1.29 is 4.79 Å². The Kier molecular flexibility index (Phi) is 5.38. The van der Waals surface area contributed by atoms with Crippen molar-refractivity contribution in [3.05, 3.63) is 64.4 Å². The molecule has 0 radical (unpaired) electrons. The fourth-order valence-electron chi connectivity index (χ4n) is 2.64. The molecule has 0 aliphatic rings. The predicted octanol–water partition coefficient (Wildman–Crippen LogP) is 4.34. The highest BCUT2D eigenvalue weighted by atomic mass is 35.5. The van der Waals surface area contributed by atoms with Crippen LogP contribution in [0.3, 0.4) is 0 Å². The molecule has 3 aromatic rings. The van der Waals surface area contributed by atoms with Crippen LogP contribution in [0.2, 0.25) is 5.02 Å². The molecule has 134 valence electrons. The van der Waals surface area contributed by atoms with Crippen molar-refractivity contribution in [3.63, 3.8) is 0 Å². The molecule has 1 aromatic heterocycles. The first-order valence-electron chi connectivity index (χ1n) is 8.59. The summed E-state index contributed by atoms with van der Waals surface area (Å²) in [6, 6.07) is 13.4. The average Bonchev–Trinajstić information content (AvgIpc) is 3.08. The number of hydrogen-bond acceptors (Lipinski definition) is 3. The number of benzene rings is 2. The zero-order valence-corrected chi connectivity index (χ0v) is 15.8. The van der Waals surface area contributed by atoms with E-state index in [0.29, 0.717) is 17.4 Å². The Morgan fingerprint density at radius 1 is 1.15 bits per heavy atom. The summed E-state index contributed by atoms with van der Waals surface area (Å²) < 4.78 is 1.73. The molecular weight excluding hydrogens is 348 g/mol. The lowest BCUT2D eigenvalue weighted by atomic mass is 10.1. The Bertz CT molecular complexity index is 931. The molecule has 0 saturated carbocycles. The van der Waals surface area contributed by atoms with Gasteiger partial charge in [0.15, 0.2) is 5.82 Å². The van der Waals surface area contributed by atoms with Crippen LogP contribution in [0.25, 0.3) is 17.1 Å². The molecule has 0 spiro atoms. The van der Waals surface area contributed by atoms with Gasteiger partial charge in [0.05, 0.1) is 5.69 Å². The van der Waals surface area contributed by atoms with Gasteiger partial charge in [0.2, 0.25) is 5.82 Å². The minimum absolute atomic E-state index is 0.157. The van der Waals surface area contributed by atoms with Gasteiger partial charge in [0.25, 0.3) is 5.91 Å². The van der Waals surface area contributed by atoms with Crippen molar-refractivity contribution >= 4 is 17.5 Å². The van der Waals surface area contributed by atoms with Gasteiger partial charge in [-0.15, -0.1) is 5.10 Å². The lowest BCUT2D eigenvalue weighted by Gasteiger charge is -2.11. The maximum atomic E-state index is 12.4. The van der Waals surface area contributed by atoms with Crippen LogP contribution in [0.1, 0.15) is 35.1 Å². The van der Waals surface area contributed by atoms with Crippen LogP contribution in [0.5, 0.6) is 0 Å². The van der Waals surface area contributed by atoms with Crippen LogP contribution in [-0.4, -0.2) is 27.2 Å². The van der Waals surface area contributed by atoms with Gasteiger partial charge in [-0.25, -0.2) is 9.67 Å². The Hall–Kier alpha value is -2.66. The molecule has 0 fully saturated rings. The zero-order valence-electron chi connectivity index (χ0n) is 15.1. The SMILES string of the molecule is CCCNC(=O)c1nc(-c2ccc(Cl)cc2)n(-c2cccc(C)c2C)n1. The van der Waals surface area contributed by atoms with Gasteiger partial charge < -0.3 is 5.32 Å². The number of aryl methyl sites for hydroxylation is 1. The number of carbonyl (C=O) groups excluding carboxylic acids is 1. The average molecular weight is 369 g/mol. The van der Waals surface area contributed by atoms with Crippen LogP contribution in [0.4, 0.5) is 0 Å². The summed E-state index contributed by atoms with van der Waals surface area (Å²) in [5.74, 6) is 0.493. The molecule has 1 N–H and O–H groups in total. The molecule has 0 atom stereocenters. The van der Waals surface area contributed by atoms with E-state index >= 15 is 0 Å². The Labute approximate surface area is 158 Å². The number of nitrogens with zero attached hydrogens (tertiary/aromatic N) is 3. The van der Waals surface area contributed by atoms with Gasteiger partial charge in [-0.3, -0.25) is 4.79 Å². The van der Waals surface area contributed by atoms with Gasteiger partial charge in [0, 0.05) is 17.1 Å². The summed E-state index contributed by atoms with van der Waals surface area (Å²) in [6.45, 7) is 6.68. The van der Waals surface area contributed by atoms with E-state index in [2.05, 4.69) is 15.4 Å². The van der Waals surface area contributed by atoms with Crippen molar-refractivity contribution in [1.29, 1.82) is 0 Å². The van der Waals surface area contributed by atoms with Crippen molar-refractivity contribution in [2.45, 2.75) is 27.2 Å². The van der Waals surface area contributed by atoms with Crippen molar-refractivity contribution in [1.82, 2.24) is 20.1 Å². The number of halogens is 1. The lowest BCUT2D eigenvalue weighted by Crippen LogP contribution is -2.25. The molecule has 0 saturated heterocycles. The third-order valence-electron chi connectivity index (χ3n) is 4.25. The zero-order chi connectivity index (χ0) is 18.7. The number of amides is 1. The van der Waals surface area contributed by atoms with Crippen molar-refractivity contribution in [2.24, 2.45) is 0 Å². The van der Waals surface area contributed by atoms with Gasteiger partial charge in [-0.2, -0.15) is 0 Å². The topological polar surface area (TPSA) is 59.8 Å². The molecule has 0 aliphatic carbocycles. The molecule has 6 heteroatoms. The predicted molar refractivity (Wildman–Crippen MR) is 104 cm³/mol. The van der Waals surface area contributed by atoms with Crippen molar-refractivity contribution in [3.8, 4) is 17.1 Å². The summed E-state index contributed by atoms with van der Waals surface area (Å²) >= 11 is 6.01. The van der Waals surface area contributed by atoms with E-state index in [0.717, 1.165) is 28.8 Å². The summed E-state index contributed by atoms with van der Waals surface area (Å²) in [5, 5.41) is 7.97. The Morgan fingerprint density at radius 2 is 1.88 bits per heavy atom. The smallest absolute Gasteiger partial charge is 0.290 e. The maximum Gasteiger partial charge on any atom is 0.290 e. The van der Waals surface area contributed by atoms with Gasteiger partial charge in [-0.05, 0) is 61.7 Å². The molecule has 0 aliphatic heterocycles. The second-order valence-electron chi connectivity index (χ2n) is 6.15. The summed E-state index contributed by atoms with van der Waals surface area (Å²) in [7, 11) is 0. The quantitative estimate of drug-likeness (QED) is 0.728. The van der Waals surface area contributed by atoms with Crippen LogP contribution in [0.15, 0.2) is 42.5 Å². The molecule has 26 heavy (non-hydrogen) atoms. The first-order chi connectivity index (χ1) is 12.5. The standard InChI is InChI=1S/C20H21ClN4O/c1-4-12-22-20(26)18-23-19(15-8-10-16(21)11-9-15)25(24-18)17-7-5-6-13(2)14(17)3/h5-11H,4,12H2,1-3H3,(H,22,26). The number of rotatable bonds is 5. The van der Waals surface area contributed by atoms with Crippen LogP contribution >= 0.6 is 11.6 Å². The second-order valence-corrected chi connectivity index (χ2v) is 6.59. The Balaban J connectivity index is 2.14. The fourth-order valence-corrected chi connectivity index (χ4v) is 2.77. The summed E-state index contributed by atoms with van der Waals surface area (Å²) in [5.41, 5.74) is 3.99. The molecule has 0 unspecified atom stereocenters. The van der Waals surface area contributed by atoms with Gasteiger partial charge in [0.1, 0.15) is 0 Å². The van der Waals surface area contributed by atoms with Gasteiger partial charge in [-0.1, -0.05) is 30.7 Å². The number of hydrogen-bond donors (Lipinski definition) is 1. The first-order valence-corrected chi connectivity index (χ1v) is 8.97. The minimum Gasteiger partial charge on any atom is -0.349 e. The monoisotopic (exact) mass is 368 g/mol. The summed E-state index contributed by atoms with van der Waals surface area (Å²) in [6.07, 6.45) is 0.855. The second kappa shape index (κ2) is 7.70. The molecule has 1 heterocycles. The maximum absolute atomic E-state index is 12.4. The highest BCUT2D eigenvalue weighted by Gasteiger charge is 2.19. The van der Waals surface area contributed by atoms with E-state index in [1.165, 1.54) is 0 Å². The first kappa shape index (κ1) is 18.1. The molecule has 5 nitrogen and oxygen atoms in total. The number of aromatic nitrogens is 3. The molecule has 1 amide bonds. The van der Waals surface area contributed by atoms with E-state index < -0.39 is 0 Å². The third kappa shape index (κ3) is 3.63. The molecule has 0 bridgehead atoms. The van der Waals surface area contributed by atoms with E-state index in [9.17, 15) is 4.79 Å². The van der Waals surface area contributed by atoms with Crippen LogP contribution < -0.4 is 5.32 Å². The van der Waals surface area contributed by atoms with E-state index in [-0.39, 0.29) is 11.7 Å². The van der Waals surface area contributed by atoms with Crippen molar-refractivity contribution in [2.75, 3.05) is 6.54 Å². The third-order valence-corrected chi connectivity index (χ3v) is 4.50. The molecular formula is C20H21ClN4O. The van der Waals surface area contributed by atoms with Crippen LogP contribution in [0, 0.1) is 13.8 Å². The largest absolute Gasteiger partial charge is 0.349 e. The minimum atomic E-state index is -0.272. The molecule has 3 rings (SSSR count). The van der Waals surface area contributed by atoms with E-state index in [1.54, 1.807) is 16.8 Å². The number of carbonyl (C=O) groups is 1. The normalized spacial score (nSPS) is 10.8. The van der Waals surface area contributed by atoms with E-state index in [1.807, 2.05) is 51.1 Å². The molecule has 2 aromatic carbocycles. The van der Waals surface area contributed by atoms with Crippen LogP contribution in [-0.2, 0) is 0 Å². The highest BCUT2D eigenvalue weighted by molar-refractivity contribution is 6.30.